The van der Waals surface area contributed by atoms with Gasteiger partial charge in [-0.3, -0.25) is 9.59 Å². The lowest BCUT2D eigenvalue weighted by molar-refractivity contribution is -0.123. The molecule has 52 valence electrons. The van der Waals surface area contributed by atoms with Gasteiger partial charge >= 0.3 is 0 Å². The van der Waals surface area contributed by atoms with E-state index in [-0.39, 0.29) is 12.9 Å². The first kappa shape index (κ1) is 15.7. The topological polar surface area (TPSA) is 98.4 Å². The predicted molar refractivity (Wildman–Crippen MR) is 28.7 cm³/mol. The zero-order valence-electron chi connectivity index (χ0n) is 4.81. The van der Waals surface area contributed by atoms with Crippen molar-refractivity contribution in [3.63, 3.8) is 0 Å². The minimum Gasteiger partial charge on any atom is -0.483 e. The van der Waals surface area contributed by atoms with Crippen molar-refractivity contribution in [2.24, 2.45) is 0 Å². The summed E-state index contributed by atoms with van der Waals surface area (Å²) in [5, 5.41) is 21.1. The molecular formula is C4H7NO4. The average molecular weight is 133 g/mol. The predicted octanol–water partition coefficient (Wildman–Crippen LogP) is -0.0685. The first-order chi connectivity index (χ1) is 4.24. The molecule has 0 unspecified atom stereocenters. The molecule has 0 saturated heterocycles. The molecule has 0 aromatic heterocycles. The lowest BCUT2D eigenvalue weighted by atomic mass is 11.0. The molecule has 0 bridgehead atoms. The molecule has 0 fully saturated rings. The summed E-state index contributed by atoms with van der Waals surface area (Å²) in [6.45, 7) is 0.931. The first-order valence-corrected chi connectivity index (χ1v) is 1.71. The fraction of sp³-hybridized carbons (Fsp3) is 0.250. The second-order valence-corrected chi connectivity index (χ2v) is 0.434. The molecule has 0 saturated carbocycles. The number of nitrogens with zero attached hydrogens (tertiary/aromatic N) is 1. The van der Waals surface area contributed by atoms with Gasteiger partial charge in [-0.15, -0.1) is 0 Å². The van der Waals surface area contributed by atoms with Gasteiger partial charge in [0.05, 0.1) is 6.07 Å². The van der Waals surface area contributed by atoms with Crippen molar-refractivity contribution in [3.05, 3.63) is 0 Å². The van der Waals surface area contributed by atoms with Gasteiger partial charge in [-0.1, -0.05) is 0 Å². The van der Waals surface area contributed by atoms with E-state index in [0.717, 1.165) is 0 Å². The quantitative estimate of drug-likeness (QED) is 0.450. The van der Waals surface area contributed by atoms with Crippen molar-refractivity contribution in [1.82, 2.24) is 0 Å². The van der Waals surface area contributed by atoms with Gasteiger partial charge < -0.3 is 10.2 Å². The summed E-state index contributed by atoms with van der Waals surface area (Å²) in [5.41, 5.74) is 0. The molecule has 0 radical (unpaired) electrons. The number of carboxylic acid groups (broad SMARTS) is 2. The molecule has 2 N–H and O–H groups in total. The molecule has 0 heterocycles. The van der Waals surface area contributed by atoms with Crippen LogP contribution in [-0.4, -0.2) is 23.2 Å². The van der Waals surface area contributed by atoms with Crippen molar-refractivity contribution >= 4 is 12.9 Å². The maximum Gasteiger partial charge on any atom is 0.290 e. The van der Waals surface area contributed by atoms with E-state index in [1.165, 1.54) is 6.92 Å². The van der Waals surface area contributed by atoms with E-state index in [0.29, 0.717) is 0 Å². The van der Waals surface area contributed by atoms with Gasteiger partial charge in [-0.05, 0) is 0 Å². The number of nitriles is 1. The lowest BCUT2D eigenvalue weighted by Crippen LogP contribution is -1.49. The monoisotopic (exact) mass is 133 g/mol. The molecule has 5 nitrogen and oxygen atoms in total. The highest BCUT2D eigenvalue weighted by molar-refractivity contribution is 5.32. The second-order valence-electron chi connectivity index (χ2n) is 0.434. The molecule has 0 aromatic carbocycles. The second kappa shape index (κ2) is 92.7. The Labute approximate surface area is 52.1 Å². The Kier molecular flexibility index (Phi) is 161. The fourth-order valence-electron chi connectivity index (χ4n) is 0. The molecule has 0 aliphatic carbocycles. The van der Waals surface area contributed by atoms with Crippen molar-refractivity contribution in [3.8, 4) is 6.07 Å². The molecule has 0 aliphatic heterocycles. The molecule has 0 aliphatic rings. The van der Waals surface area contributed by atoms with E-state index >= 15 is 0 Å². The van der Waals surface area contributed by atoms with Crippen LogP contribution in [0.1, 0.15) is 6.92 Å². The number of hydrogen-bond acceptors (Lipinski definition) is 3. The van der Waals surface area contributed by atoms with Crippen LogP contribution in [0.15, 0.2) is 0 Å². The van der Waals surface area contributed by atoms with Crippen molar-refractivity contribution in [2.75, 3.05) is 0 Å². The van der Waals surface area contributed by atoms with Gasteiger partial charge in [0.2, 0.25) is 0 Å². The maximum absolute atomic E-state index is 8.36. The summed E-state index contributed by atoms with van der Waals surface area (Å²) in [4.78, 5) is 16.7. The number of carbonyl (C=O) groups is 2. The Morgan fingerprint density at radius 1 is 1.33 bits per heavy atom. The Bertz CT molecular complexity index is 79.1. The van der Waals surface area contributed by atoms with Gasteiger partial charge in [0.1, 0.15) is 0 Å². The molecule has 5 heteroatoms. The molecule has 0 amide bonds. The standard InChI is InChI=1S/C2H3N.2CH2O2/c1-2-3;2*2-1-3/h1H3;2*1H,(H,2,3). The van der Waals surface area contributed by atoms with Gasteiger partial charge in [0.25, 0.3) is 12.9 Å². The van der Waals surface area contributed by atoms with Crippen LogP contribution in [0.25, 0.3) is 0 Å². The van der Waals surface area contributed by atoms with Crippen LogP contribution in [0.5, 0.6) is 0 Å². The fourth-order valence-corrected chi connectivity index (χ4v) is 0. The summed E-state index contributed by atoms with van der Waals surface area (Å²) < 4.78 is 0. The average Bonchev–Trinajstić information content (AvgIpc) is 1.70. The largest absolute Gasteiger partial charge is 0.483 e. The number of rotatable bonds is 0. The van der Waals surface area contributed by atoms with Crippen LogP contribution in [0.3, 0.4) is 0 Å². The van der Waals surface area contributed by atoms with Crippen molar-refractivity contribution < 1.29 is 19.8 Å². The minimum atomic E-state index is -0.250. The van der Waals surface area contributed by atoms with Crippen LogP contribution >= 0.6 is 0 Å². The van der Waals surface area contributed by atoms with Gasteiger partial charge in [0, 0.05) is 6.92 Å². The highest BCUT2D eigenvalue weighted by Gasteiger charge is 1.22. The van der Waals surface area contributed by atoms with Crippen molar-refractivity contribution in [2.45, 2.75) is 6.92 Å². The number of hydrogen-bond donors (Lipinski definition) is 2. The summed E-state index contributed by atoms with van der Waals surface area (Å²) in [6.07, 6.45) is 0. The van der Waals surface area contributed by atoms with Gasteiger partial charge in [-0.25, -0.2) is 0 Å². The molecule has 0 atom stereocenters. The van der Waals surface area contributed by atoms with Crippen LogP contribution in [-0.2, 0) is 9.59 Å². The maximum atomic E-state index is 8.36. The SMILES string of the molecule is CC#N.O=CO.O=CO. The van der Waals surface area contributed by atoms with Crippen molar-refractivity contribution in [1.29, 1.82) is 5.26 Å². The van der Waals surface area contributed by atoms with E-state index in [2.05, 4.69) is 0 Å². The van der Waals surface area contributed by atoms with E-state index in [1.54, 1.807) is 6.07 Å². The third-order valence-electron chi connectivity index (χ3n) is 0. The minimum absolute atomic E-state index is 0.250. The molecule has 0 spiro atoms. The van der Waals surface area contributed by atoms with E-state index in [1.807, 2.05) is 0 Å². The Morgan fingerprint density at radius 2 is 1.33 bits per heavy atom. The van der Waals surface area contributed by atoms with Crippen LogP contribution < -0.4 is 0 Å². The van der Waals surface area contributed by atoms with Gasteiger partial charge in [0.15, 0.2) is 0 Å². The Hall–Kier alpha value is -1.57. The molecule has 0 aromatic rings. The Balaban J connectivity index is -0.0000000600. The van der Waals surface area contributed by atoms with E-state index in [9.17, 15) is 0 Å². The third-order valence-corrected chi connectivity index (χ3v) is 0. The Morgan fingerprint density at radius 3 is 1.33 bits per heavy atom. The highest BCUT2D eigenvalue weighted by atomic mass is 16.3. The molecule has 0 rings (SSSR count). The van der Waals surface area contributed by atoms with Crippen LogP contribution in [0.2, 0.25) is 0 Å². The lowest BCUT2D eigenvalue weighted by Gasteiger charge is -1.34. The van der Waals surface area contributed by atoms with Gasteiger partial charge in [-0.2, -0.15) is 5.26 Å². The zero-order chi connectivity index (χ0) is 8.12. The summed E-state index contributed by atoms with van der Waals surface area (Å²) in [6, 6.07) is 1.75. The smallest absolute Gasteiger partial charge is 0.290 e. The third kappa shape index (κ3) is 51.2. The van der Waals surface area contributed by atoms with E-state index < -0.39 is 0 Å². The van der Waals surface area contributed by atoms with E-state index in [4.69, 9.17) is 25.1 Å². The first-order valence-electron chi connectivity index (χ1n) is 1.71. The summed E-state index contributed by atoms with van der Waals surface area (Å²) >= 11 is 0. The summed E-state index contributed by atoms with van der Waals surface area (Å²) in [5.74, 6) is 0. The van der Waals surface area contributed by atoms with Crippen LogP contribution in [0.4, 0.5) is 0 Å². The molecule has 9 heavy (non-hydrogen) atoms. The highest BCUT2D eigenvalue weighted by Crippen LogP contribution is 1.21. The summed E-state index contributed by atoms with van der Waals surface area (Å²) in [7, 11) is 0. The normalized spacial score (nSPS) is 3.56. The zero-order valence-corrected chi connectivity index (χ0v) is 4.81. The molecular weight excluding hydrogens is 126 g/mol. The van der Waals surface area contributed by atoms with Crippen LogP contribution in [0, 0.1) is 11.3 Å².